The number of hydrogen-bond acceptors (Lipinski definition) is 4. The van der Waals surface area contributed by atoms with E-state index in [-0.39, 0.29) is 24.1 Å². The molecule has 0 aliphatic carbocycles. The first-order chi connectivity index (χ1) is 6.68. The molecule has 1 aromatic rings. The maximum Gasteiger partial charge on any atom is 0.307 e. The van der Waals surface area contributed by atoms with Gasteiger partial charge in [-0.15, -0.1) is 0 Å². The monoisotopic (exact) mass is 194 g/mol. The van der Waals surface area contributed by atoms with Gasteiger partial charge in [0.1, 0.15) is 5.76 Å². The summed E-state index contributed by atoms with van der Waals surface area (Å²) in [5.41, 5.74) is 0. The van der Waals surface area contributed by atoms with Crippen molar-refractivity contribution >= 4 is 11.8 Å². The zero-order valence-corrected chi connectivity index (χ0v) is 7.73. The van der Waals surface area contributed by atoms with Crippen molar-refractivity contribution in [2.24, 2.45) is 0 Å². The molecule has 0 radical (unpaired) electrons. The molecule has 0 spiro atoms. The highest BCUT2D eigenvalue weighted by Crippen LogP contribution is 2.32. The summed E-state index contributed by atoms with van der Waals surface area (Å²) < 4.78 is 10.1. The lowest BCUT2D eigenvalue weighted by Crippen LogP contribution is -2.22. The molecule has 0 aromatic carbocycles. The molecule has 74 valence electrons. The molecule has 0 N–H and O–H groups in total. The Morgan fingerprint density at radius 2 is 2.36 bits per heavy atom. The van der Waals surface area contributed by atoms with Gasteiger partial charge in [0, 0.05) is 0 Å². The van der Waals surface area contributed by atoms with Crippen LogP contribution in [0.15, 0.2) is 22.8 Å². The number of furan rings is 1. The smallest absolute Gasteiger partial charge is 0.307 e. The van der Waals surface area contributed by atoms with Crippen LogP contribution in [0.1, 0.15) is 25.0 Å². The van der Waals surface area contributed by atoms with E-state index in [0.29, 0.717) is 5.76 Å². The van der Waals surface area contributed by atoms with E-state index >= 15 is 0 Å². The molecular formula is C10H10O4. The van der Waals surface area contributed by atoms with Crippen LogP contribution in [0, 0.1) is 0 Å². The van der Waals surface area contributed by atoms with Crippen LogP contribution in [-0.4, -0.2) is 17.9 Å². The van der Waals surface area contributed by atoms with Gasteiger partial charge >= 0.3 is 5.97 Å². The molecule has 14 heavy (non-hydrogen) atoms. The average Bonchev–Trinajstić information content (AvgIpc) is 2.70. The van der Waals surface area contributed by atoms with Gasteiger partial charge < -0.3 is 9.15 Å². The standard InChI is InChI=1S/C10H10O4/c1-6(11)10-7(5-9(12)14-10)8-3-2-4-13-8/h2-4,7,10H,5H2,1H3/t7-,10-/m1/s1. The Hall–Kier alpha value is -1.58. The molecule has 4 nitrogen and oxygen atoms in total. The summed E-state index contributed by atoms with van der Waals surface area (Å²) in [4.78, 5) is 22.2. The first-order valence-electron chi connectivity index (χ1n) is 4.42. The molecule has 0 unspecified atom stereocenters. The van der Waals surface area contributed by atoms with Crippen LogP contribution in [0.3, 0.4) is 0 Å². The lowest BCUT2D eigenvalue weighted by atomic mass is 9.96. The molecule has 1 aliphatic heterocycles. The number of esters is 1. The molecule has 1 aliphatic rings. The van der Waals surface area contributed by atoms with E-state index in [4.69, 9.17) is 9.15 Å². The summed E-state index contributed by atoms with van der Waals surface area (Å²) in [6.45, 7) is 1.42. The van der Waals surface area contributed by atoms with Gasteiger partial charge in [0.2, 0.25) is 0 Å². The van der Waals surface area contributed by atoms with Crippen molar-refractivity contribution in [3.05, 3.63) is 24.2 Å². The summed E-state index contributed by atoms with van der Waals surface area (Å²) in [6.07, 6.45) is 1.07. The minimum atomic E-state index is -0.673. The second kappa shape index (κ2) is 3.29. The molecule has 2 atom stereocenters. The highest BCUT2D eigenvalue weighted by Gasteiger charge is 2.40. The SMILES string of the molecule is CC(=O)[C@H]1OC(=O)C[C@@H]1c1ccco1. The molecular weight excluding hydrogens is 184 g/mol. The van der Waals surface area contributed by atoms with Crippen LogP contribution in [-0.2, 0) is 14.3 Å². The Labute approximate surface area is 80.8 Å². The van der Waals surface area contributed by atoms with Crippen molar-refractivity contribution in [2.75, 3.05) is 0 Å². The second-order valence-corrected chi connectivity index (χ2v) is 3.35. The fourth-order valence-electron chi connectivity index (χ4n) is 1.68. The van der Waals surface area contributed by atoms with Gasteiger partial charge in [0.05, 0.1) is 18.6 Å². The summed E-state index contributed by atoms with van der Waals surface area (Å²) >= 11 is 0. The van der Waals surface area contributed by atoms with Crippen LogP contribution in [0.25, 0.3) is 0 Å². The number of cyclic esters (lactones) is 1. The molecule has 1 fully saturated rings. The fraction of sp³-hybridized carbons (Fsp3) is 0.400. The maximum absolute atomic E-state index is 11.2. The van der Waals surface area contributed by atoms with Gasteiger partial charge in [-0.2, -0.15) is 0 Å². The topological polar surface area (TPSA) is 56.5 Å². The fourth-order valence-corrected chi connectivity index (χ4v) is 1.68. The van der Waals surface area contributed by atoms with Gasteiger partial charge in [0.15, 0.2) is 11.9 Å². The van der Waals surface area contributed by atoms with Crippen LogP contribution in [0.5, 0.6) is 0 Å². The number of rotatable bonds is 2. The van der Waals surface area contributed by atoms with E-state index in [1.807, 2.05) is 0 Å². The van der Waals surface area contributed by atoms with Gasteiger partial charge in [-0.3, -0.25) is 9.59 Å². The van der Waals surface area contributed by atoms with E-state index < -0.39 is 6.10 Å². The highest BCUT2D eigenvalue weighted by molar-refractivity contribution is 5.88. The van der Waals surface area contributed by atoms with Crippen molar-refractivity contribution in [3.63, 3.8) is 0 Å². The summed E-state index contributed by atoms with van der Waals surface area (Å²) in [5, 5.41) is 0. The minimum Gasteiger partial charge on any atom is -0.469 e. The second-order valence-electron chi connectivity index (χ2n) is 3.35. The van der Waals surface area contributed by atoms with Crippen LogP contribution >= 0.6 is 0 Å². The van der Waals surface area contributed by atoms with E-state index in [1.165, 1.54) is 13.2 Å². The zero-order valence-electron chi connectivity index (χ0n) is 7.73. The average molecular weight is 194 g/mol. The van der Waals surface area contributed by atoms with Crippen molar-refractivity contribution in [2.45, 2.75) is 25.4 Å². The number of ether oxygens (including phenoxy) is 1. The number of Topliss-reactive ketones (excluding diaryl/α,β-unsaturated/α-hetero) is 1. The lowest BCUT2D eigenvalue weighted by molar-refractivity contribution is -0.146. The molecule has 1 saturated heterocycles. The predicted molar refractivity (Wildman–Crippen MR) is 46.6 cm³/mol. The molecule has 4 heteroatoms. The Kier molecular flexibility index (Phi) is 2.11. The summed E-state index contributed by atoms with van der Waals surface area (Å²) in [5.74, 6) is -0.102. The molecule has 2 rings (SSSR count). The third kappa shape index (κ3) is 1.43. The zero-order chi connectivity index (χ0) is 10.1. The van der Waals surface area contributed by atoms with Crippen LogP contribution in [0.2, 0.25) is 0 Å². The number of carbonyl (C=O) groups excluding carboxylic acids is 2. The van der Waals surface area contributed by atoms with E-state index in [0.717, 1.165) is 0 Å². The Morgan fingerprint density at radius 1 is 1.57 bits per heavy atom. The molecule has 0 bridgehead atoms. The van der Waals surface area contributed by atoms with Crippen LogP contribution in [0.4, 0.5) is 0 Å². The summed E-state index contributed by atoms with van der Waals surface area (Å²) in [6, 6.07) is 3.48. The van der Waals surface area contributed by atoms with Gasteiger partial charge in [0.25, 0.3) is 0 Å². The molecule has 0 saturated carbocycles. The number of hydrogen-bond donors (Lipinski definition) is 0. The third-order valence-electron chi connectivity index (χ3n) is 2.32. The van der Waals surface area contributed by atoms with Crippen LogP contribution < -0.4 is 0 Å². The first kappa shape index (κ1) is 8.99. The largest absolute Gasteiger partial charge is 0.469 e. The first-order valence-corrected chi connectivity index (χ1v) is 4.42. The number of carbonyl (C=O) groups is 2. The van der Waals surface area contributed by atoms with Crippen molar-refractivity contribution in [1.29, 1.82) is 0 Å². The van der Waals surface area contributed by atoms with Gasteiger partial charge in [-0.1, -0.05) is 0 Å². The van der Waals surface area contributed by atoms with E-state index in [2.05, 4.69) is 0 Å². The van der Waals surface area contributed by atoms with E-state index in [9.17, 15) is 9.59 Å². The lowest BCUT2D eigenvalue weighted by Gasteiger charge is -2.11. The van der Waals surface area contributed by atoms with E-state index in [1.54, 1.807) is 12.1 Å². The molecule has 2 heterocycles. The minimum absolute atomic E-state index is 0.141. The Balaban J connectivity index is 2.26. The number of ketones is 1. The van der Waals surface area contributed by atoms with Crippen molar-refractivity contribution in [3.8, 4) is 0 Å². The highest BCUT2D eigenvalue weighted by atomic mass is 16.6. The quantitative estimate of drug-likeness (QED) is 0.665. The Morgan fingerprint density at radius 3 is 2.93 bits per heavy atom. The third-order valence-corrected chi connectivity index (χ3v) is 2.32. The van der Waals surface area contributed by atoms with Crippen molar-refractivity contribution < 1.29 is 18.7 Å². The molecule has 1 aromatic heterocycles. The predicted octanol–water partition coefficient (Wildman–Crippen LogP) is 1.27. The van der Waals surface area contributed by atoms with Gasteiger partial charge in [-0.25, -0.2) is 0 Å². The Bertz CT molecular complexity index is 352. The summed E-state index contributed by atoms with van der Waals surface area (Å²) in [7, 11) is 0. The normalized spacial score (nSPS) is 26.2. The molecule has 0 amide bonds. The van der Waals surface area contributed by atoms with Crippen molar-refractivity contribution in [1.82, 2.24) is 0 Å². The maximum atomic E-state index is 11.2. The van der Waals surface area contributed by atoms with Gasteiger partial charge in [-0.05, 0) is 19.1 Å².